The van der Waals surface area contributed by atoms with Gasteiger partial charge in [0.05, 0.1) is 5.60 Å². The van der Waals surface area contributed by atoms with Crippen molar-refractivity contribution < 1.29 is 9.47 Å². The first-order valence-corrected chi connectivity index (χ1v) is 8.80. The lowest BCUT2D eigenvalue weighted by Crippen LogP contribution is -2.49. The first-order valence-electron chi connectivity index (χ1n) is 8.80. The standard InChI is InChI=1S/C17H29NO2/c1-4-16(14(1)12-18-15-2-3-15)13-5-8-20-17(11-13)6-9-19-10-7-17/h13-16,18H,1-12H2. The number of nitrogens with one attached hydrogen (secondary N) is 1. The molecule has 2 aliphatic heterocycles. The normalized spacial score (nSPS) is 40.5. The second kappa shape index (κ2) is 5.58. The Morgan fingerprint density at radius 2 is 1.80 bits per heavy atom. The molecular weight excluding hydrogens is 250 g/mol. The summed E-state index contributed by atoms with van der Waals surface area (Å²) in [5, 5.41) is 3.75. The van der Waals surface area contributed by atoms with Crippen molar-refractivity contribution in [3.8, 4) is 0 Å². The molecule has 0 radical (unpaired) electrons. The van der Waals surface area contributed by atoms with Crippen molar-refractivity contribution in [2.45, 2.75) is 63.0 Å². The molecular formula is C17H29NO2. The van der Waals surface area contributed by atoms with Crippen molar-refractivity contribution in [2.75, 3.05) is 26.4 Å². The highest BCUT2D eigenvalue weighted by molar-refractivity contribution is 4.96. The first kappa shape index (κ1) is 13.5. The van der Waals surface area contributed by atoms with Crippen molar-refractivity contribution in [3.05, 3.63) is 0 Å². The van der Waals surface area contributed by atoms with E-state index >= 15 is 0 Å². The van der Waals surface area contributed by atoms with E-state index in [2.05, 4.69) is 5.32 Å². The lowest BCUT2D eigenvalue weighted by Gasteiger charge is -2.50. The van der Waals surface area contributed by atoms with Gasteiger partial charge in [0.25, 0.3) is 0 Å². The molecule has 2 heterocycles. The van der Waals surface area contributed by atoms with Gasteiger partial charge >= 0.3 is 0 Å². The van der Waals surface area contributed by atoms with E-state index < -0.39 is 0 Å². The zero-order valence-electron chi connectivity index (χ0n) is 12.6. The summed E-state index contributed by atoms with van der Waals surface area (Å²) >= 11 is 0. The van der Waals surface area contributed by atoms with Crippen LogP contribution in [-0.4, -0.2) is 38.0 Å². The molecule has 0 amide bonds. The van der Waals surface area contributed by atoms with Crippen LogP contribution in [0.15, 0.2) is 0 Å². The molecule has 3 unspecified atom stereocenters. The number of hydrogen-bond acceptors (Lipinski definition) is 3. The first-order chi connectivity index (χ1) is 9.85. The highest BCUT2D eigenvalue weighted by Crippen LogP contribution is 2.48. The van der Waals surface area contributed by atoms with Gasteiger partial charge in [0.2, 0.25) is 0 Å². The van der Waals surface area contributed by atoms with Gasteiger partial charge in [-0.05, 0) is 75.7 Å². The summed E-state index contributed by atoms with van der Waals surface area (Å²) in [6.45, 7) is 4.08. The maximum atomic E-state index is 6.20. The van der Waals surface area contributed by atoms with Crippen molar-refractivity contribution in [3.63, 3.8) is 0 Å². The molecule has 4 aliphatic rings. The van der Waals surface area contributed by atoms with Crippen LogP contribution in [0.3, 0.4) is 0 Å². The van der Waals surface area contributed by atoms with Crippen LogP contribution in [0.2, 0.25) is 0 Å². The van der Waals surface area contributed by atoms with Gasteiger partial charge in [-0.25, -0.2) is 0 Å². The Morgan fingerprint density at radius 3 is 2.50 bits per heavy atom. The predicted octanol–water partition coefficient (Wildman–Crippen LogP) is 2.74. The van der Waals surface area contributed by atoms with Crippen molar-refractivity contribution in [2.24, 2.45) is 17.8 Å². The van der Waals surface area contributed by atoms with Gasteiger partial charge in [-0.15, -0.1) is 0 Å². The lowest BCUT2D eigenvalue weighted by molar-refractivity contribution is -0.160. The Bertz CT molecular complexity index is 330. The van der Waals surface area contributed by atoms with Crippen LogP contribution in [0.1, 0.15) is 51.4 Å². The predicted molar refractivity (Wildman–Crippen MR) is 78.7 cm³/mol. The van der Waals surface area contributed by atoms with Gasteiger partial charge in [-0.2, -0.15) is 0 Å². The van der Waals surface area contributed by atoms with E-state index in [1.807, 2.05) is 0 Å². The molecule has 3 heteroatoms. The Balaban J connectivity index is 1.32. The van der Waals surface area contributed by atoms with Crippen LogP contribution >= 0.6 is 0 Å². The molecule has 0 bridgehead atoms. The Labute approximate surface area is 122 Å². The molecule has 20 heavy (non-hydrogen) atoms. The molecule has 3 nitrogen and oxygen atoms in total. The fourth-order valence-electron chi connectivity index (χ4n) is 4.60. The summed E-state index contributed by atoms with van der Waals surface area (Å²) in [4.78, 5) is 0. The van der Waals surface area contributed by atoms with Crippen LogP contribution in [0, 0.1) is 17.8 Å². The topological polar surface area (TPSA) is 30.5 Å². The molecule has 0 aromatic heterocycles. The molecule has 0 aromatic rings. The molecule has 114 valence electrons. The highest BCUT2D eigenvalue weighted by Gasteiger charge is 2.45. The van der Waals surface area contributed by atoms with Crippen LogP contribution in [-0.2, 0) is 9.47 Å². The lowest BCUT2D eigenvalue weighted by atomic mass is 9.62. The second-order valence-electron chi connectivity index (χ2n) is 7.58. The van der Waals surface area contributed by atoms with Gasteiger partial charge < -0.3 is 14.8 Å². The maximum absolute atomic E-state index is 6.20. The molecule has 4 rings (SSSR count). The molecule has 1 N–H and O–H groups in total. The van der Waals surface area contributed by atoms with E-state index in [1.165, 1.54) is 45.1 Å². The summed E-state index contributed by atoms with van der Waals surface area (Å²) in [6.07, 6.45) is 10.6. The monoisotopic (exact) mass is 279 g/mol. The van der Waals surface area contributed by atoms with E-state index in [0.717, 1.165) is 56.5 Å². The number of ether oxygens (including phenoxy) is 2. The van der Waals surface area contributed by atoms with Crippen molar-refractivity contribution >= 4 is 0 Å². The van der Waals surface area contributed by atoms with Gasteiger partial charge in [0.15, 0.2) is 0 Å². The summed E-state index contributed by atoms with van der Waals surface area (Å²) in [7, 11) is 0. The van der Waals surface area contributed by atoms with Gasteiger partial charge in [-0.1, -0.05) is 0 Å². The molecule has 1 spiro atoms. The fraction of sp³-hybridized carbons (Fsp3) is 1.00. The molecule has 0 aromatic carbocycles. The SMILES string of the molecule is C1CC2(CCO1)CC(C1CCC1CNC1CC1)CCO2. The summed E-state index contributed by atoms with van der Waals surface area (Å²) in [5.41, 5.74) is 0.186. The maximum Gasteiger partial charge on any atom is 0.0729 e. The van der Waals surface area contributed by atoms with E-state index in [1.54, 1.807) is 0 Å². The Hall–Kier alpha value is -0.120. The second-order valence-corrected chi connectivity index (χ2v) is 7.58. The van der Waals surface area contributed by atoms with Crippen LogP contribution in [0.5, 0.6) is 0 Å². The average Bonchev–Trinajstić information content (AvgIpc) is 3.23. The fourth-order valence-corrected chi connectivity index (χ4v) is 4.60. The molecule has 4 fully saturated rings. The van der Waals surface area contributed by atoms with Crippen molar-refractivity contribution in [1.29, 1.82) is 0 Å². The van der Waals surface area contributed by atoms with Gasteiger partial charge in [-0.3, -0.25) is 0 Å². The van der Waals surface area contributed by atoms with Gasteiger partial charge in [0, 0.05) is 25.9 Å². The third-order valence-corrected chi connectivity index (χ3v) is 6.26. The van der Waals surface area contributed by atoms with E-state index in [-0.39, 0.29) is 5.60 Å². The summed E-state index contributed by atoms with van der Waals surface area (Å²) < 4.78 is 11.7. The highest BCUT2D eigenvalue weighted by atomic mass is 16.5. The van der Waals surface area contributed by atoms with E-state index in [4.69, 9.17) is 9.47 Å². The third-order valence-electron chi connectivity index (χ3n) is 6.26. The van der Waals surface area contributed by atoms with E-state index in [0.29, 0.717) is 0 Å². The minimum atomic E-state index is 0.186. The molecule has 2 aliphatic carbocycles. The van der Waals surface area contributed by atoms with Crippen LogP contribution in [0.4, 0.5) is 0 Å². The third kappa shape index (κ3) is 2.77. The van der Waals surface area contributed by atoms with Crippen LogP contribution in [0.25, 0.3) is 0 Å². The van der Waals surface area contributed by atoms with E-state index in [9.17, 15) is 0 Å². The smallest absolute Gasteiger partial charge is 0.0729 e. The molecule has 2 saturated heterocycles. The quantitative estimate of drug-likeness (QED) is 0.858. The number of rotatable bonds is 4. The minimum absolute atomic E-state index is 0.186. The zero-order chi connectivity index (χ0) is 13.4. The largest absolute Gasteiger partial charge is 0.381 e. The Morgan fingerprint density at radius 1 is 0.950 bits per heavy atom. The molecule has 3 atom stereocenters. The van der Waals surface area contributed by atoms with Crippen LogP contribution < -0.4 is 5.32 Å². The minimum Gasteiger partial charge on any atom is -0.381 e. The zero-order valence-corrected chi connectivity index (χ0v) is 12.6. The molecule has 2 saturated carbocycles. The van der Waals surface area contributed by atoms with Gasteiger partial charge in [0.1, 0.15) is 0 Å². The number of hydrogen-bond donors (Lipinski definition) is 1. The summed E-state index contributed by atoms with van der Waals surface area (Å²) in [5.74, 6) is 2.85. The summed E-state index contributed by atoms with van der Waals surface area (Å²) in [6, 6.07) is 0.868. The van der Waals surface area contributed by atoms with Crippen molar-refractivity contribution in [1.82, 2.24) is 5.32 Å². The Kier molecular flexibility index (Phi) is 3.78. The average molecular weight is 279 g/mol.